The van der Waals surface area contributed by atoms with Crippen LogP contribution in [-0.4, -0.2) is 47.0 Å². The topological polar surface area (TPSA) is 49.9 Å². The van der Waals surface area contributed by atoms with Gasteiger partial charge in [-0.1, -0.05) is 30.1 Å². The van der Waals surface area contributed by atoms with Crippen molar-refractivity contribution >= 4 is 35.2 Å². The zero-order valence-corrected chi connectivity index (χ0v) is 19.3. The molecular formula is C22H30Cl2N2O3. The third kappa shape index (κ3) is 4.83. The first-order chi connectivity index (χ1) is 13.5. The van der Waals surface area contributed by atoms with E-state index in [2.05, 4.69) is 6.92 Å². The molecule has 0 unspecified atom stereocenters. The Bertz CT molecular complexity index is 806. The van der Waals surface area contributed by atoms with E-state index in [0.717, 1.165) is 24.0 Å². The smallest absolute Gasteiger partial charge is 0.410 e. The zero-order chi connectivity index (χ0) is 21.5. The third-order valence-electron chi connectivity index (χ3n) is 5.90. The fraction of sp³-hybridized carbons (Fsp3) is 0.636. The van der Waals surface area contributed by atoms with Gasteiger partial charge in [0.1, 0.15) is 5.60 Å². The van der Waals surface area contributed by atoms with Crippen LogP contribution in [0.5, 0.6) is 0 Å². The van der Waals surface area contributed by atoms with Crippen molar-refractivity contribution in [3.05, 3.63) is 33.3 Å². The number of hydrogen-bond acceptors (Lipinski definition) is 3. The lowest BCUT2D eigenvalue weighted by Gasteiger charge is -2.42. The van der Waals surface area contributed by atoms with Crippen molar-refractivity contribution in [2.24, 2.45) is 11.8 Å². The lowest BCUT2D eigenvalue weighted by molar-refractivity contribution is -0.141. The average Bonchev–Trinajstić information content (AvgIpc) is 2.59. The first-order valence-corrected chi connectivity index (χ1v) is 11.0. The molecule has 0 radical (unpaired) electrons. The van der Waals surface area contributed by atoms with Gasteiger partial charge in [-0.05, 0) is 69.7 Å². The Hall–Kier alpha value is -1.46. The number of piperidine rings is 1. The fourth-order valence-electron chi connectivity index (χ4n) is 4.30. The number of ether oxygens (including phenoxy) is 1. The van der Waals surface area contributed by atoms with Crippen LogP contribution >= 0.6 is 23.2 Å². The molecule has 1 aromatic rings. The van der Waals surface area contributed by atoms with Crippen LogP contribution in [0.25, 0.3) is 0 Å². The molecular weight excluding hydrogens is 411 g/mol. The quantitative estimate of drug-likeness (QED) is 0.592. The number of carbonyl (C=O) groups is 2. The number of benzene rings is 1. The highest BCUT2D eigenvalue weighted by Crippen LogP contribution is 2.38. The van der Waals surface area contributed by atoms with Crippen LogP contribution in [0.4, 0.5) is 4.79 Å². The van der Waals surface area contributed by atoms with Gasteiger partial charge in [-0.25, -0.2) is 4.79 Å². The molecule has 3 atom stereocenters. The number of likely N-dealkylation sites (tertiary alicyclic amines) is 1. The Balaban J connectivity index is 1.77. The molecule has 0 N–H and O–H groups in total. The second kappa shape index (κ2) is 8.35. The molecule has 29 heavy (non-hydrogen) atoms. The summed E-state index contributed by atoms with van der Waals surface area (Å²) in [7, 11) is 0. The monoisotopic (exact) mass is 440 g/mol. The Morgan fingerprint density at radius 3 is 2.48 bits per heavy atom. The van der Waals surface area contributed by atoms with Crippen molar-refractivity contribution in [2.45, 2.75) is 59.1 Å². The van der Waals surface area contributed by atoms with E-state index in [1.807, 2.05) is 38.7 Å². The average molecular weight is 441 g/mol. The molecule has 1 aromatic carbocycles. The van der Waals surface area contributed by atoms with Crippen molar-refractivity contribution in [3.8, 4) is 0 Å². The van der Waals surface area contributed by atoms with Gasteiger partial charge < -0.3 is 14.5 Å². The minimum atomic E-state index is -0.553. The Morgan fingerprint density at radius 1 is 1.14 bits per heavy atom. The Morgan fingerprint density at radius 2 is 1.83 bits per heavy atom. The van der Waals surface area contributed by atoms with E-state index >= 15 is 0 Å². The summed E-state index contributed by atoms with van der Waals surface area (Å²) in [4.78, 5) is 29.6. The van der Waals surface area contributed by atoms with Crippen molar-refractivity contribution in [1.82, 2.24) is 9.80 Å². The van der Waals surface area contributed by atoms with E-state index in [4.69, 9.17) is 27.9 Å². The molecule has 160 valence electrons. The van der Waals surface area contributed by atoms with Crippen molar-refractivity contribution in [3.63, 3.8) is 0 Å². The summed E-state index contributed by atoms with van der Waals surface area (Å²) >= 11 is 12.6. The van der Waals surface area contributed by atoms with Crippen molar-refractivity contribution in [1.29, 1.82) is 0 Å². The first kappa shape index (κ1) is 22.2. The fourth-order valence-corrected chi connectivity index (χ4v) is 4.99. The molecule has 0 aliphatic carbocycles. The molecule has 3 rings (SSSR count). The third-order valence-corrected chi connectivity index (χ3v) is 6.43. The number of fused-ring (bicyclic) bond motifs is 1. The second-order valence-corrected chi connectivity index (χ2v) is 10.1. The molecule has 2 aliphatic heterocycles. The van der Waals surface area contributed by atoms with E-state index in [1.165, 1.54) is 0 Å². The molecule has 2 heterocycles. The summed E-state index contributed by atoms with van der Waals surface area (Å²) in [5.74, 6) is 0.0387. The van der Waals surface area contributed by atoms with Gasteiger partial charge in [0.25, 0.3) is 0 Å². The highest BCUT2D eigenvalue weighted by Gasteiger charge is 2.40. The minimum absolute atomic E-state index is 0.0786. The Labute approximate surface area is 183 Å². The molecule has 2 aliphatic rings. The van der Waals surface area contributed by atoms with E-state index in [0.29, 0.717) is 29.7 Å². The SMILES string of the molecule is C[C@@H]1CCN(C(=O)OC(C)(C)C)C[C@@H]1C(=O)N1CCc2cc(Cl)cc(Cl)c2[C@@H]1C. The summed E-state index contributed by atoms with van der Waals surface area (Å²) in [6.07, 6.45) is 1.16. The predicted octanol–water partition coefficient (Wildman–Crippen LogP) is 5.33. The van der Waals surface area contributed by atoms with Gasteiger partial charge in [-0.2, -0.15) is 0 Å². The van der Waals surface area contributed by atoms with Crippen molar-refractivity contribution < 1.29 is 14.3 Å². The van der Waals surface area contributed by atoms with E-state index in [1.54, 1.807) is 11.0 Å². The summed E-state index contributed by atoms with van der Waals surface area (Å²) in [5.41, 5.74) is 1.53. The summed E-state index contributed by atoms with van der Waals surface area (Å²) in [6, 6.07) is 3.55. The molecule has 2 amide bonds. The number of amides is 2. The van der Waals surface area contributed by atoms with Crippen LogP contribution in [0.2, 0.25) is 10.0 Å². The maximum absolute atomic E-state index is 13.5. The number of rotatable bonds is 1. The molecule has 0 bridgehead atoms. The normalized spacial score (nSPS) is 24.9. The van der Waals surface area contributed by atoms with E-state index < -0.39 is 5.60 Å². The van der Waals surface area contributed by atoms with Gasteiger partial charge in [-0.3, -0.25) is 4.79 Å². The molecule has 0 saturated carbocycles. The van der Waals surface area contributed by atoms with Gasteiger partial charge in [0, 0.05) is 29.7 Å². The standard InChI is InChI=1S/C22H30Cl2N2O3/c1-13-6-8-25(21(28)29-22(3,4)5)12-17(13)20(27)26-9-7-15-10-16(23)11-18(24)19(15)14(26)2/h10-11,13-14,17H,6-9,12H2,1-5H3/t13-,14+,17+/m1/s1. The van der Waals surface area contributed by atoms with Gasteiger partial charge in [0.05, 0.1) is 12.0 Å². The molecule has 0 spiro atoms. The second-order valence-electron chi connectivity index (χ2n) is 9.22. The largest absolute Gasteiger partial charge is 0.444 e. The van der Waals surface area contributed by atoms with Gasteiger partial charge in [-0.15, -0.1) is 0 Å². The maximum atomic E-state index is 13.5. The van der Waals surface area contributed by atoms with Crippen LogP contribution in [0.15, 0.2) is 12.1 Å². The van der Waals surface area contributed by atoms with Crippen LogP contribution in [0.3, 0.4) is 0 Å². The van der Waals surface area contributed by atoms with Gasteiger partial charge in [0.15, 0.2) is 0 Å². The van der Waals surface area contributed by atoms with Crippen LogP contribution in [-0.2, 0) is 16.0 Å². The van der Waals surface area contributed by atoms with Crippen LogP contribution < -0.4 is 0 Å². The van der Waals surface area contributed by atoms with Crippen molar-refractivity contribution in [2.75, 3.05) is 19.6 Å². The number of hydrogen-bond donors (Lipinski definition) is 0. The number of halogens is 2. The molecule has 7 heteroatoms. The number of carbonyl (C=O) groups excluding carboxylic acids is 2. The summed E-state index contributed by atoms with van der Waals surface area (Å²) < 4.78 is 5.51. The van der Waals surface area contributed by atoms with E-state index in [9.17, 15) is 9.59 Å². The molecule has 0 aromatic heterocycles. The van der Waals surface area contributed by atoms with Crippen LogP contribution in [0, 0.1) is 11.8 Å². The predicted molar refractivity (Wildman–Crippen MR) is 115 cm³/mol. The van der Waals surface area contributed by atoms with Gasteiger partial charge >= 0.3 is 6.09 Å². The first-order valence-electron chi connectivity index (χ1n) is 10.2. The highest BCUT2D eigenvalue weighted by molar-refractivity contribution is 6.35. The van der Waals surface area contributed by atoms with Gasteiger partial charge in [0.2, 0.25) is 5.91 Å². The zero-order valence-electron chi connectivity index (χ0n) is 17.8. The maximum Gasteiger partial charge on any atom is 0.410 e. The number of nitrogens with zero attached hydrogens (tertiary/aromatic N) is 2. The Kier molecular flexibility index (Phi) is 6.40. The molecule has 5 nitrogen and oxygen atoms in total. The van der Waals surface area contributed by atoms with E-state index in [-0.39, 0.29) is 29.9 Å². The summed E-state index contributed by atoms with van der Waals surface area (Å²) in [6.45, 7) is 11.3. The molecule has 1 fully saturated rings. The van der Waals surface area contributed by atoms with Crippen LogP contribution in [0.1, 0.15) is 58.2 Å². The lowest BCUT2D eigenvalue weighted by atomic mass is 9.84. The summed E-state index contributed by atoms with van der Waals surface area (Å²) in [5, 5.41) is 1.22. The minimum Gasteiger partial charge on any atom is -0.444 e. The lowest BCUT2D eigenvalue weighted by Crippen LogP contribution is -2.52. The molecule has 1 saturated heterocycles. The highest BCUT2D eigenvalue weighted by atomic mass is 35.5.